The number of rotatable bonds is 7. The number of piperazine rings is 1. The molecule has 4 rings (SSSR count). The van der Waals surface area contributed by atoms with Gasteiger partial charge in [0.15, 0.2) is 0 Å². The van der Waals surface area contributed by atoms with E-state index >= 15 is 0 Å². The number of methoxy groups -OCH3 is 1. The Morgan fingerprint density at radius 3 is 2.46 bits per heavy atom. The summed E-state index contributed by atoms with van der Waals surface area (Å²) in [6.07, 6.45) is 7.06. The molecule has 0 spiro atoms. The van der Waals surface area contributed by atoms with Crippen molar-refractivity contribution in [2.75, 3.05) is 44.7 Å². The second-order valence-electron chi connectivity index (χ2n) is 7.30. The lowest BCUT2D eigenvalue weighted by Gasteiger charge is -2.34. The van der Waals surface area contributed by atoms with Crippen LogP contribution in [0.15, 0.2) is 54.9 Å². The van der Waals surface area contributed by atoms with Crippen LogP contribution < -0.4 is 9.64 Å². The summed E-state index contributed by atoms with van der Waals surface area (Å²) in [5.74, 6) is 1.86. The van der Waals surface area contributed by atoms with Gasteiger partial charge in [-0.2, -0.15) is 0 Å². The number of ether oxygens (including phenoxy) is 1. The molecule has 1 aliphatic rings. The number of aryl methyl sites for hydroxylation is 1. The molecule has 0 bridgehead atoms. The maximum atomic E-state index is 5.63. The Hall–Kier alpha value is -2.66. The normalized spacial score (nSPS) is 15.1. The van der Waals surface area contributed by atoms with Gasteiger partial charge in [-0.3, -0.25) is 4.90 Å². The summed E-state index contributed by atoms with van der Waals surface area (Å²) in [4.78, 5) is 13.6. The number of nitrogens with zero attached hydrogens (tertiary/aromatic N) is 4. The molecule has 1 aromatic heterocycles. The van der Waals surface area contributed by atoms with Crippen molar-refractivity contribution in [3.8, 4) is 5.75 Å². The third-order valence-electron chi connectivity index (χ3n) is 5.58. The monoisotopic (exact) mass is 376 g/mol. The largest absolute Gasteiger partial charge is 0.496 e. The average Bonchev–Trinajstić information content (AvgIpc) is 2.77. The lowest BCUT2D eigenvalue weighted by molar-refractivity contribution is 0.252. The highest BCUT2D eigenvalue weighted by atomic mass is 16.5. The molecule has 1 fully saturated rings. The molecule has 0 unspecified atom stereocenters. The molecular formula is C23H28N4O. The van der Waals surface area contributed by atoms with Gasteiger partial charge in [0.05, 0.1) is 7.11 Å². The molecule has 2 aromatic carbocycles. The molecule has 28 heavy (non-hydrogen) atoms. The molecule has 5 heteroatoms. The number of benzene rings is 2. The van der Waals surface area contributed by atoms with Gasteiger partial charge in [0.1, 0.15) is 5.75 Å². The average molecular weight is 377 g/mol. The fourth-order valence-corrected chi connectivity index (χ4v) is 4.03. The van der Waals surface area contributed by atoms with E-state index in [2.05, 4.69) is 56.2 Å². The minimum Gasteiger partial charge on any atom is -0.496 e. The third-order valence-corrected chi connectivity index (χ3v) is 5.58. The molecule has 146 valence electrons. The quantitative estimate of drug-likeness (QED) is 0.587. The van der Waals surface area contributed by atoms with E-state index in [1.54, 1.807) is 7.11 Å². The summed E-state index contributed by atoms with van der Waals surface area (Å²) < 4.78 is 5.63. The lowest BCUT2D eigenvalue weighted by atomic mass is 9.99. The van der Waals surface area contributed by atoms with Crippen molar-refractivity contribution in [2.45, 2.75) is 19.3 Å². The number of hydrogen-bond acceptors (Lipinski definition) is 5. The number of anilines is 1. The first-order valence-electron chi connectivity index (χ1n) is 10.1. The number of unbranched alkanes of at least 4 members (excludes halogenated alkanes) is 1. The van der Waals surface area contributed by atoms with Crippen molar-refractivity contribution in [3.63, 3.8) is 0 Å². The number of aromatic nitrogens is 2. The summed E-state index contributed by atoms with van der Waals surface area (Å²) in [6.45, 7) is 5.31. The van der Waals surface area contributed by atoms with E-state index < -0.39 is 0 Å². The zero-order valence-electron chi connectivity index (χ0n) is 16.6. The summed E-state index contributed by atoms with van der Waals surface area (Å²) >= 11 is 0. The highest BCUT2D eigenvalue weighted by Gasteiger charge is 2.18. The molecule has 1 saturated heterocycles. The molecule has 0 aliphatic carbocycles. The number of hydrogen-bond donors (Lipinski definition) is 0. The molecule has 3 aromatic rings. The molecule has 5 nitrogen and oxygen atoms in total. The first-order valence-corrected chi connectivity index (χ1v) is 10.1. The van der Waals surface area contributed by atoms with Gasteiger partial charge in [-0.1, -0.05) is 30.3 Å². The zero-order valence-corrected chi connectivity index (χ0v) is 16.6. The topological polar surface area (TPSA) is 41.5 Å². The fourth-order valence-electron chi connectivity index (χ4n) is 4.03. The van der Waals surface area contributed by atoms with Crippen LogP contribution in [-0.2, 0) is 6.42 Å². The van der Waals surface area contributed by atoms with Gasteiger partial charge < -0.3 is 9.64 Å². The van der Waals surface area contributed by atoms with Crippen molar-refractivity contribution in [1.29, 1.82) is 0 Å². The molecule has 0 amide bonds. The van der Waals surface area contributed by atoms with Gasteiger partial charge in [-0.15, -0.1) is 0 Å². The van der Waals surface area contributed by atoms with Crippen molar-refractivity contribution in [3.05, 3.63) is 60.4 Å². The highest BCUT2D eigenvalue weighted by Crippen LogP contribution is 2.29. The van der Waals surface area contributed by atoms with Crippen molar-refractivity contribution >= 4 is 16.7 Å². The second-order valence-corrected chi connectivity index (χ2v) is 7.30. The van der Waals surface area contributed by atoms with Crippen LogP contribution in [0.3, 0.4) is 0 Å². The molecule has 0 saturated carbocycles. The Balaban J connectivity index is 1.27. The van der Waals surface area contributed by atoms with Gasteiger partial charge in [0.25, 0.3) is 0 Å². The standard InChI is InChI=1S/C23H28N4O/c1-28-22-11-10-19-7-2-3-8-20(19)21(22)9-4-5-14-26-15-17-27(18-16-26)23-24-12-6-13-25-23/h2-3,6-8,10-13H,4-5,9,14-18H2,1H3. The molecule has 0 N–H and O–H groups in total. The summed E-state index contributed by atoms with van der Waals surface area (Å²) in [7, 11) is 1.77. The molecule has 0 radical (unpaired) electrons. The van der Waals surface area contributed by atoms with Crippen LogP contribution in [0.25, 0.3) is 10.8 Å². The van der Waals surface area contributed by atoms with Crippen LogP contribution >= 0.6 is 0 Å². The zero-order chi connectivity index (χ0) is 19.2. The predicted octanol–water partition coefficient (Wildman–Crippen LogP) is 3.78. The second kappa shape index (κ2) is 9.02. The molecule has 0 atom stereocenters. The summed E-state index contributed by atoms with van der Waals surface area (Å²) in [6, 6.07) is 14.7. The summed E-state index contributed by atoms with van der Waals surface area (Å²) in [5, 5.41) is 2.61. The van der Waals surface area contributed by atoms with Gasteiger partial charge in [0, 0.05) is 44.1 Å². The Labute approximate surface area is 167 Å². The van der Waals surface area contributed by atoms with Crippen LogP contribution in [0.2, 0.25) is 0 Å². The van der Waals surface area contributed by atoms with Gasteiger partial charge in [-0.05, 0) is 48.7 Å². The molecular weight excluding hydrogens is 348 g/mol. The van der Waals surface area contributed by atoms with E-state index in [-0.39, 0.29) is 0 Å². The van der Waals surface area contributed by atoms with Crippen LogP contribution in [0.5, 0.6) is 5.75 Å². The molecule has 1 aliphatic heterocycles. The minimum atomic E-state index is 0.852. The highest BCUT2D eigenvalue weighted by molar-refractivity contribution is 5.87. The maximum absolute atomic E-state index is 5.63. The van der Waals surface area contributed by atoms with Gasteiger partial charge >= 0.3 is 0 Å². The third kappa shape index (κ3) is 4.25. The Morgan fingerprint density at radius 1 is 0.893 bits per heavy atom. The van der Waals surface area contributed by atoms with Crippen molar-refractivity contribution in [1.82, 2.24) is 14.9 Å². The fraction of sp³-hybridized carbons (Fsp3) is 0.391. The smallest absolute Gasteiger partial charge is 0.225 e. The van der Waals surface area contributed by atoms with Crippen LogP contribution in [0.4, 0.5) is 5.95 Å². The summed E-state index contributed by atoms with van der Waals surface area (Å²) in [5.41, 5.74) is 1.34. The van der Waals surface area contributed by atoms with E-state index in [1.165, 1.54) is 29.2 Å². The Bertz CT molecular complexity index is 892. The predicted molar refractivity (Wildman–Crippen MR) is 114 cm³/mol. The van der Waals surface area contributed by atoms with Gasteiger partial charge in [-0.25, -0.2) is 9.97 Å². The number of fused-ring (bicyclic) bond motifs is 1. The Kier molecular flexibility index (Phi) is 6.02. The van der Waals surface area contributed by atoms with E-state index in [9.17, 15) is 0 Å². The first kappa shape index (κ1) is 18.7. The first-order chi connectivity index (χ1) is 13.8. The van der Waals surface area contributed by atoms with Crippen LogP contribution in [-0.4, -0.2) is 54.7 Å². The van der Waals surface area contributed by atoms with Crippen molar-refractivity contribution in [2.24, 2.45) is 0 Å². The van der Waals surface area contributed by atoms with Crippen LogP contribution in [0.1, 0.15) is 18.4 Å². The van der Waals surface area contributed by atoms with E-state index in [1.807, 2.05) is 18.5 Å². The van der Waals surface area contributed by atoms with E-state index in [4.69, 9.17) is 4.74 Å². The van der Waals surface area contributed by atoms with Gasteiger partial charge in [0.2, 0.25) is 5.95 Å². The lowest BCUT2D eigenvalue weighted by Crippen LogP contribution is -2.47. The van der Waals surface area contributed by atoms with Crippen molar-refractivity contribution < 1.29 is 4.74 Å². The SMILES string of the molecule is COc1ccc2ccccc2c1CCCCN1CCN(c2ncccn2)CC1. The molecule has 2 heterocycles. The van der Waals surface area contributed by atoms with Crippen LogP contribution in [0, 0.1) is 0 Å². The Morgan fingerprint density at radius 2 is 1.68 bits per heavy atom. The minimum absolute atomic E-state index is 0.852. The van der Waals surface area contributed by atoms with E-state index in [0.29, 0.717) is 0 Å². The van der Waals surface area contributed by atoms with E-state index in [0.717, 1.165) is 50.8 Å². The maximum Gasteiger partial charge on any atom is 0.225 e.